The van der Waals surface area contributed by atoms with Crippen LogP contribution in [0, 0.1) is 0 Å². The van der Waals surface area contributed by atoms with Crippen molar-refractivity contribution in [3.8, 4) is 0 Å². The second-order valence-electron chi connectivity index (χ2n) is 4.95. The summed E-state index contributed by atoms with van der Waals surface area (Å²) in [7, 11) is 1.39. The molecule has 0 radical (unpaired) electrons. The Morgan fingerprint density at radius 2 is 1.91 bits per heavy atom. The summed E-state index contributed by atoms with van der Waals surface area (Å²) in [5.41, 5.74) is 1.72. The van der Waals surface area contributed by atoms with Gasteiger partial charge < -0.3 is 10.1 Å². The second kappa shape index (κ2) is 6.26. The predicted octanol–water partition coefficient (Wildman–Crippen LogP) is 3.56. The van der Waals surface area contributed by atoms with Crippen LogP contribution in [0.1, 0.15) is 11.6 Å². The molecule has 22 heavy (non-hydrogen) atoms. The number of hydrogen-bond acceptors (Lipinski definition) is 4. The normalized spacial score (nSPS) is 11.9. The van der Waals surface area contributed by atoms with Gasteiger partial charge in [-0.2, -0.15) is 0 Å². The number of hydrogen-bond donors (Lipinski definition) is 1. The number of carbonyl (C=O) groups is 1. The first kappa shape index (κ1) is 14.1. The quantitative estimate of drug-likeness (QED) is 0.747. The molecule has 3 rings (SSSR count). The van der Waals surface area contributed by atoms with E-state index in [-0.39, 0.29) is 5.97 Å². The average molecular weight is 292 g/mol. The lowest BCUT2D eigenvalue weighted by atomic mass is 10.1. The monoisotopic (exact) mass is 292 g/mol. The highest BCUT2D eigenvalue weighted by molar-refractivity contribution is 5.86. The topological polar surface area (TPSA) is 51.2 Å². The third-order valence-electron chi connectivity index (χ3n) is 3.52. The van der Waals surface area contributed by atoms with Gasteiger partial charge in [0.05, 0.1) is 7.11 Å². The van der Waals surface area contributed by atoms with Crippen LogP contribution in [0.4, 0.5) is 5.69 Å². The Morgan fingerprint density at radius 1 is 1.09 bits per heavy atom. The van der Waals surface area contributed by atoms with E-state index in [4.69, 9.17) is 4.74 Å². The Bertz CT molecular complexity index is 787. The van der Waals surface area contributed by atoms with E-state index in [1.165, 1.54) is 7.11 Å². The van der Waals surface area contributed by atoms with Gasteiger partial charge in [-0.15, -0.1) is 0 Å². The summed E-state index contributed by atoms with van der Waals surface area (Å²) < 4.78 is 4.92. The number of anilines is 1. The van der Waals surface area contributed by atoms with E-state index in [9.17, 15) is 4.79 Å². The molecule has 0 fully saturated rings. The Balaban J connectivity index is 1.93. The number of pyridine rings is 1. The lowest BCUT2D eigenvalue weighted by Gasteiger charge is -2.18. The zero-order valence-electron chi connectivity index (χ0n) is 12.2. The number of ether oxygens (including phenoxy) is 1. The van der Waals surface area contributed by atoms with Crippen LogP contribution in [0.25, 0.3) is 10.8 Å². The van der Waals surface area contributed by atoms with Crippen LogP contribution in [-0.2, 0) is 9.53 Å². The van der Waals surface area contributed by atoms with E-state index >= 15 is 0 Å². The van der Waals surface area contributed by atoms with E-state index in [0.29, 0.717) is 0 Å². The van der Waals surface area contributed by atoms with Gasteiger partial charge in [0.25, 0.3) is 0 Å². The number of fused-ring (bicyclic) bond motifs is 1. The smallest absolute Gasteiger partial charge is 0.332 e. The van der Waals surface area contributed by atoms with E-state index in [1.54, 1.807) is 6.20 Å². The molecule has 1 N–H and O–H groups in total. The fourth-order valence-corrected chi connectivity index (χ4v) is 2.38. The highest BCUT2D eigenvalue weighted by atomic mass is 16.5. The molecule has 1 aromatic heterocycles. The predicted molar refractivity (Wildman–Crippen MR) is 86.6 cm³/mol. The standard InChI is InChI=1S/C18H16N2O2/c1-22-18(21)17(13-5-3-2-4-6-13)20-16-8-7-15-12-19-10-9-14(15)11-16/h2-12,17,20H,1H3. The van der Waals surface area contributed by atoms with E-state index in [1.807, 2.05) is 60.8 Å². The molecule has 0 aliphatic carbocycles. The number of nitrogens with one attached hydrogen (secondary N) is 1. The van der Waals surface area contributed by atoms with Crippen molar-refractivity contribution in [3.05, 3.63) is 72.6 Å². The molecule has 0 saturated carbocycles. The third-order valence-corrected chi connectivity index (χ3v) is 3.52. The highest BCUT2D eigenvalue weighted by Gasteiger charge is 2.20. The van der Waals surface area contributed by atoms with Gasteiger partial charge in [0.1, 0.15) is 0 Å². The van der Waals surface area contributed by atoms with Crippen LogP contribution in [0.15, 0.2) is 67.0 Å². The minimum absolute atomic E-state index is 0.318. The molecular formula is C18H16N2O2. The maximum Gasteiger partial charge on any atom is 0.332 e. The van der Waals surface area contributed by atoms with Crippen molar-refractivity contribution in [2.75, 3.05) is 12.4 Å². The molecule has 110 valence electrons. The average Bonchev–Trinajstić information content (AvgIpc) is 2.59. The number of benzene rings is 2. The SMILES string of the molecule is COC(=O)C(Nc1ccc2cnccc2c1)c1ccccc1. The third kappa shape index (κ3) is 2.91. The molecule has 0 aliphatic heterocycles. The number of aromatic nitrogens is 1. The fourth-order valence-electron chi connectivity index (χ4n) is 2.38. The van der Waals surface area contributed by atoms with Crippen molar-refractivity contribution >= 4 is 22.4 Å². The van der Waals surface area contributed by atoms with Crippen LogP contribution in [-0.4, -0.2) is 18.1 Å². The maximum atomic E-state index is 12.1. The first-order chi connectivity index (χ1) is 10.8. The van der Waals surface area contributed by atoms with Gasteiger partial charge in [0.2, 0.25) is 0 Å². The summed E-state index contributed by atoms with van der Waals surface area (Å²) in [6, 6.07) is 16.8. The lowest BCUT2D eigenvalue weighted by molar-refractivity contribution is -0.141. The van der Waals surface area contributed by atoms with E-state index in [2.05, 4.69) is 10.3 Å². The van der Waals surface area contributed by atoms with Gasteiger partial charge >= 0.3 is 5.97 Å². The summed E-state index contributed by atoms with van der Waals surface area (Å²) in [5.74, 6) is -0.318. The summed E-state index contributed by atoms with van der Waals surface area (Å²) in [4.78, 5) is 16.2. The summed E-state index contributed by atoms with van der Waals surface area (Å²) in [5, 5.41) is 5.37. The molecule has 4 heteroatoms. The number of methoxy groups -OCH3 is 1. The van der Waals surface area contributed by atoms with E-state index < -0.39 is 6.04 Å². The maximum absolute atomic E-state index is 12.1. The van der Waals surface area contributed by atoms with Crippen LogP contribution in [0.2, 0.25) is 0 Å². The molecule has 0 aliphatic rings. The van der Waals surface area contributed by atoms with Crippen molar-refractivity contribution in [2.24, 2.45) is 0 Å². The molecule has 0 saturated heterocycles. The molecule has 4 nitrogen and oxygen atoms in total. The number of nitrogens with zero attached hydrogens (tertiary/aromatic N) is 1. The minimum atomic E-state index is -0.537. The molecule has 1 unspecified atom stereocenters. The lowest BCUT2D eigenvalue weighted by Crippen LogP contribution is -2.22. The highest BCUT2D eigenvalue weighted by Crippen LogP contribution is 2.24. The molecule has 3 aromatic rings. The zero-order chi connectivity index (χ0) is 15.4. The Labute approximate surface area is 128 Å². The van der Waals surface area contributed by atoms with Gasteiger partial charge in [0.15, 0.2) is 6.04 Å². The van der Waals surface area contributed by atoms with Crippen molar-refractivity contribution in [2.45, 2.75) is 6.04 Å². The van der Waals surface area contributed by atoms with Gasteiger partial charge in [-0.05, 0) is 29.1 Å². The van der Waals surface area contributed by atoms with E-state index in [0.717, 1.165) is 22.0 Å². The minimum Gasteiger partial charge on any atom is -0.467 e. The fraction of sp³-hybridized carbons (Fsp3) is 0.111. The van der Waals surface area contributed by atoms with Crippen molar-refractivity contribution in [1.29, 1.82) is 0 Å². The molecule has 1 heterocycles. The molecule has 0 bridgehead atoms. The van der Waals surface area contributed by atoms with Crippen molar-refractivity contribution < 1.29 is 9.53 Å². The van der Waals surface area contributed by atoms with Crippen molar-refractivity contribution in [1.82, 2.24) is 4.98 Å². The molecule has 2 aromatic carbocycles. The first-order valence-corrected chi connectivity index (χ1v) is 7.01. The Morgan fingerprint density at radius 3 is 2.68 bits per heavy atom. The second-order valence-corrected chi connectivity index (χ2v) is 4.95. The van der Waals surface area contributed by atoms with Crippen LogP contribution >= 0.6 is 0 Å². The number of rotatable bonds is 4. The summed E-state index contributed by atoms with van der Waals surface area (Å²) in [6.45, 7) is 0. The number of esters is 1. The van der Waals surface area contributed by atoms with Crippen molar-refractivity contribution in [3.63, 3.8) is 0 Å². The molecule has 1 atom stereocenters. The van der Waals surface area contributed by atoms with Gasteiger partial charge in [-0.3, -0.25) is 4.98 Å². The summed E-state index contributed by atoms with van der Waals surface area (Å²) >= 11 is 0. The molecular weight excluding hydrogens is 276 g/mol. The van der Waals surface area contributed by atoms with Gasteiger partial charge in [0, 0.05) is 23.5 Å². The van der Waals surface area contributed by atoms with Gasteiger partial charge in [-0.25, -0.2) is 4.79 Å². The van der Waals surface area contributed by atoms with Crippen LogP contribution < -0.4 is 5.32 Å². The first-order valence-electron chi connectivity index (χ1n) is 7.01. The Kier molecular flexibility index (Phi) is 4.01. The largest absolute Gasteiger partial charge is 0.467 e. The summed E-state index contributed by atoms with van der Waals surface area (Å²) in [6.07, 6.45) is 3.56. The number of carbonyl (C=O) groups excluding carboxylic acids is 1. The molecule has 0 spiro atoms. The van der Waals surface area contributed by atoms with Gasteiger partial charge in [-0.1, -0.05) is 36.4 Å². The Hall–Kier alpha value is -2.88. The molecule has 0 amide bonds. The zero-order valence-corrected chi connectivity index (χ0v) is 12.2. The van der Waals surface area contributed by atoms with Crippen LogP contribution in [0.3, 0.4) is 0 Å². The van der Waals surface area contributed by atoms with Crippen LogP contribution in [0.5, 0.6) is 0 Å².